The van der Waals surface area contributed by atoms with Gasteiger partial charge in [0, 0.05) is 18.7 Å². The second-order valence-corrected chi connectivity index (χ2v) is 4.77. The van der Waals surface area contributed by atoms with E-state index in [0.717, 1.165) is 0 Å². The standard InChI is InChI=1S/C13H16FN3O/c1-13(2,12(16)18)8-17-7-10-5-9(6-15)3-4-11(10)14/h3-5,17H,7-8H2,1-2H3,(H2,16,18). The number of hydrogen-bond donors (Lipinski definition) is 2. The van der Waals surface area contributed by atoms with Gasteiger partial charge in [0.1, 0.15) is 5.82 Å². The van der Waals surface area contributed by atoms with Crippen LogP contribution in [-0.4, -0.2) is 12.5 Å². The third-order valence-corrected chi connectivity index (χ3v) is 2.72. The van der Waals surface area contributed by atoms with E-state index in [1.165, 1.54) is 18.2 Å². The Bertz CT molecular complexity index is 491. The summed E-state index contributed by atoms with van der Waals surface area (Å²) in [6.07, 6.45) is 0. The molecule has 18 heavy (non-hydrogen) atoms. The van der Waals surface area contributed by atoms with Crippen molar-refractivity contribution in [2.45, 2.75) is 20.4 Å². The minimum absolute atomic E-state index is 0.248. The van der Waals surface area contributed by atoms with Gasteiger partial charge in [-0.05, 0) is 32.0 Å². The molecule has 0 fully saturated rings. The fourth-order valence-corrected chi connectivity index (χ4v) is 1.38. The zero-order valence-corrected chi connectivity index (χ0v) is 10.5. The summed E-state index contributed by atoms with van der Waals surface area (Å²) >= 11 is 0. The lowest BCUT2D eigenvalue weighted by Gasteiger charge is -2.20. The minimum atomic E-state index is -0.691. The predicted octanol–water partition coefficient (Wildman–Crippen LogP) is 1.30. The number of nitrogens with one attached hydrogen (secondary N) is 1. The van der Waals surface area contributed by atoms with E-state index in [9.17, 15) is 9.18 Å². The van der Waals surface area contributed by atoms with E-state index < -0.39 is 11.3 Å². The Kier molecular flexibility index (Phi) is 4.40. The molecule has 1 aromatic carbocycles. The van der Waals surface area contributed by atoms with Crippen LogP contribution < -0.4 is 11.1 Å². The maximum absolute atomic E-state index is 13.4. The van der Waals surface area contributed by atoms with Crippen LogP contribution in [0.3, 0.4) is 0 Å². The highest BCUT2D eigenvalue weighted by molar-refractivity contribution is 5.80. The molecule has 96 valence electrons. The van der Waals surface area contributed by atoms with Gasteiger partial charge in [0.15, 0.2) is 0 Å². The number of carbonyl (C=O) groups is 1. The first kappa shape index (κ1) is 14.1. The largest absolute Gasteiger partial charge is 0.369 e. The maximum Gasteiger partial charge on any atom is 0.224 e. The first-order valence-corrected chi connectivity index (χ1v) is 5.56. The molecule has 0 aliphatic carbocycles. The number of rotatable bonds is 5. The molecule has 4 nitrogen and oxygen atoms in total. The molecular weight excluding hydrogens is 233 g/mol. The van der Waals surface area contributed by atoms with Gasteiger partial charge >= 0.3 is 0 Å². The summed E-state index contributed by atoms with van der Waals surface area (Å²) in [5, 5.41) is 11.7. The molecule has 5 heteroatoms. The highest BCUT2D eigenvalue weighted by atomic mass is 19.1. The molecule has 0 radical (unpaired) electrons. The Hall–Kier alpha value is -1.93. The van der Waals surface area contributed by atoms with E-state index >= 15 is 0 Å². The van der Waals surface area contributed by atoms with Crippen LogP contribution in [0.15, 0.2) is 18.2 Å². The first-order chi connectivity index (χ1) is 8.36. The average molecular weight is 249 g/mol. The SMILES string of the molecule is CC(C)(CNCc1cc(C#N)ccc1F)C(N)=O. The van der Waals surface area contributed by atoms with Gasteiger partial charge in [-0.15, -0.1) is 0 Å². The van der Waals surface area contributed by atoms with Crippen LogP contribution >= 0.6 is 0 Å². The number of primary amides is 1. The Labute approximate surface area is 106 Å². The topological polar surface area (TPSA) is 78.9 Å². The molecule has 0 bridgehead atoms. The molecule has 0 aliphatic heterocycles. The van der Waals surface area contributed by atoms with Crippen molar-refractivity contribution in [3.63, 3.8) is 0 Å². The summed E-state index contributed by atoms with van der Waals surface area (Å²) in [4.78, 5) is 11.1. The number of nitrogens with zero attached hydrogens (tertiary/aromatic N) is 1. The monoisotopic (exact) mass is 249 g/mol. The van der Waals surface area contributed by atoms with Crippen molar-refractivity contribution in [1.29, 1.82) is 5.26 Å². The number of carbonyl (C=O) groups excluding carboxylic acids is 1. The zero-order chi connectivity index (χ0) is 13.8. The molecule has 0 aromatic heterocycles. The van der Waals surface area contributed by atoms with Crippen molar-refractivity contribution in [1.82, 2.24) is 5.32 Å². The van der Waals surface area contributed by atoms with Crippen molar-refractivity contribution >= 4 is 5.91 Å². The minimum Gasteiger partial charge on any atom is -0.369 e. The van der Waals surface area contributed by atoms with Gasteiger partial charge in [0.2, 0.25) is 5.91 Å². The Morgan fingerprint density at radius 2 is 2.22 bits per heavy atom. The lowest BCUT2D eigenvalue weighted by atomic mass is 9.93. The Morgan fingerprint density at radius 3 is 2.78 bits per heavy atom. The van der Waals surface area contributed by atoms with E-state index in [2.05, 4.69) is 5.32 Å². The highest BCUT2D eigenvalue weighted by Crippen LogP contribution is 2.14. The molecule has 3 N–H and O–H groups in total. The molecule has 1 rings (SSSR count). The van der Waals surface area contributed by atoms with E-state index in [4.69, 9.17) is 11.0 Å². The average Bonchev–Trinajstić information content (AvgIpc) is 2.31. The number of amides is 1. The molecule has 0 atom stereocenters. The van der Waals surface area contributed by atoms with E-state index in [1.807, 2.05) is 6.07 Å². The molecule has 1 amide bonds. The molecular formula is C13H16FN3O. The smallest absolute Gasteiger partial charge is 0.224 e. The van der Waals surface area contributed by atoms with Gasteiger partial charge in [-0.2, -0.15) is 5.26 Å². The number of nitrogens with two attached hydrogens (primary N) is 1. The van der Waals surface area contributed by atoms with Gasteiger partial charge in [-0.3, -0.25) is 4.79 Å². The fourth-order valence-electron chi connectivity index (χ4n) is 1.38. The van der Waals surface area contributed by atoms with Crippen LogP contribution in [0.1, 0.15) is 25.0 Å². The second-order valence-electron chi connectivity index (χ2n) is 4.77. The van der Waals surface area contributed by atoms with Gasteiger partial charge in [-0.25, -0.2) is 4.39 Å². The molecule has 1 aromatic rings. The number of halogens is 1. The van der Waals surface area contributed by atoms with Crippen molar-refractivity contribution in [3.8, 4) is 6.07 Å². The second kappa shape index (κ2) is 5.61. The van der Waals surface area contributed by atoms with Crippen LogP contribution in [0.2, 0.25) is 0 Å². The van der Waals surface area contributed by atoms with Crippen LogP contribution in [0.4, 0.5) is 4.39 Å². The van der Waals surface area contributed by atoms with Gasteiger partial charge in [0.25, 0.3) is 0 Å². The maximum atomic E-state index is 13.4. The molecule has 0 spiro atoms. The number of hydrogen-bond acceptors (Lipinski definition) is 3. The quantitative estimate of drug-likeness (QED) is 0.825. The lowest BCUT2D eigenvalue weighted by Crippen LogP contribution is -2.40. The summed E-state index contributed by atoms with van der Waals surface area (Å²) in [6.45, 7) is 4.02. The molecule has 0 saturated heterocycles. The van der Waals surface area contributed by atoms with Gasteiger partial charge in [-0.1, -0.05) is 0 Å². The van der Waals surface area contributed by atoms with Crippen LogP contribution in [-0.2, 0) is 11.3 Å². The van der Waals surface area contributed by atoms with Gasteiger partial charge in [0.05, 0.1) is 17.0 Å². The third kappa shape index (κ3) is 3.54. The summed E-state index contributed by atoms with van der Waals surface area (Å²) < 4.78 is 13.4. The van der Waals surface area contributed by atoms with Gasteiger partial charge < -0.3 is 11.1 Å². The highest BCUT2D eigenvalue weighted by Gasteiger charge is 2.24. The van der Waals surface area contributed by atoms with Crippen molar-refractivity contribution in [2.75, 3.05) is 6.54 Å². The summed E-state index contributed by atoms with van der Waals surface area (Å²) in [6, 6.07) is 6.12. The zero-order valence-electron chi connectivity index (χ0n) is 10.5. The molecule has 0 heterocycles. The normalized spacial score (nSPS) is 11.0. The predicted molar refractivity (Wildman–Crippen MR) is 65.8 cm³/mol. The van der Waals surface area contributed by atoms with Crippen LogP contribution in [0.5, 0.6) is 0 Å². The van der Waals surface area contributed by atoms with Crippen molar-refractivity contribution in [3.05, 3.63) is 35.1 Å². The van der Waals surface area contributed by atoms with Crippen molar-refractivity contribution < 1.29 is 9.18 Å². The first-order valence-electron chi connectivity index (χ1n) is 5.56. The third-order valence-electron chi connectivity index (χ3n) is 2.72. The van der Waals surface area contributed by atoms with E-state index in [-0.39, 0.29) is 12.4 Å². The Balaban J connectivity index is 2.65. The van der Waals surface area contributed by atoms with E-state index in [1.54, 1.807) is 13.8 Å². The van der Waals surface area contributed by atoms with E-state index in [0.29, 0.717) is 17.7 Å². The summed E-state index contributed by atoms with van der Waals surface area (Å²) in [5.41, 5.74) is 5.34. The fraction of sp³-hybridized carbons (Fsp3) is 0.385. The number of benzene rings is 1. The van der Waals surface area contributed by atoms with Crippen molar-refractivity contribution in [2.24, 2.45) is 11.1 Å². The summed E-state index contributed by atoms with van der Waals surface area (Å²) in [7, 11) is 0. The molecule has 0 saturated carbocycles. The summed E-state index contributed by atoms with van der Waals surface area (Å²) in [5.74, 6) is -0.792. The molecule has 0 unspecified atom stereocenters. The lowest BCUT2D eigenvalue weighted by molar-refractivity contribution is -0.125. The number of nitriles is 1. The van der Waals surface area contributed by atoms with Crippen LogP contribution in [0.25, 0.3) is 0 Å². The van der Waals surface area contributed by atoms with Crippen LogP contribution in [0, 0.1) is 22.6 Å². The Morgan fingerprint density at radius 1 is 1.56 bits per heavy atom. The molecule has 0 aliphatic rings.